The largest absolute Gasteiger partial charge is 0.598 e. The molecule has 0 amide bonds. The van der Waals surface area contributed by atoms with Crippen molar-refractivity contribution in [1.82, 2.24) is 4.31 Å². The highest BCUT2D eigenvalue weighted by atomic mass is 32.2. The Morgan fingerprint density at radius 2 is 2.00 bits per heavy atom. The number of rotatable bonds is 5. The van der Waals surface area contributed by atoms with Crippen LogP contribution in [0.5, 0.6) is 0 Å². The maximum atomic E-state index is 12.5. The highest BCUT2D eigenvalue weighted by molar-refractivity contribution is 7.90. The molecular weight excluding hydrogens is 282 g/mol. The van der Waals surface area contributed by atoms with Gasteiger partial charge in [-0.2, -0.15) is 0 Å². The molecule has 0 saturated carbocycles. The molecule has 1 aromatic carbocycles. The Bertz CT molecular complexity index is 588. The van der Waals surface area contributed by atoms with Gasteiger partial charge in [-0.25, -0.2) is 0 Å². The van der Waals surface area contributed by atoms with Crippen LogP contribution in [0.3, 0.4) is 0 Å². The van der Waals surface area contributed by atoms with Gasteiger partial charge in [0, 0.05) is 23.8 Å². The molecule has 0 aliphatic heterocycles. The standard InChI is InChI=1S/C17H25NO2S/c1-6-15(18(5)21(19)17(2,3)4)12-13-7-8-16-14(11-13)9-10-20-16/h7-11,15H,6,12H2,1-5H3/t15?,21-/m1/s1. The van der Waals surface area contributed by atoms with Crippen molar-refractivity contribution in [3.63, 3.8) is 0 Å². The quantitative estimate of drug-likeness (QED) is 0.779. The summed E-state index contributed by atoms with van der Waals surface area (Å²) in [4.78, 5) is 0. The number of likely N-dealkylation sites (N-methyl/N-ethyl adjacent to an activating group) is 1. The lowest BCUT2D eigenvalue weighted by Gasteiger charge is -2.34. The van der Waals surface area contributed by atoms with Gasteiger partial charge >= 0.3 is 0 Å². The molecule has 1 heterocycles. The van der Waals surface area contributed by atoms with Gasteiger partial charge in [-0.3, -0.25) is 0 Å². The lowest BCUT2D eigenvalue weighted by Crippen LogP contribution is -2.46. The van der Waals surface area contributed by atoms with Crippen LogP contribution in [0, 0.1) is 0 Å². The minimum atomic E-state index is -0.990. The summed E-state index contributed by atoms with van der Waals surface area (Å²) in [7, 11) is 1.96. The first-order chi connectivity index (χ1) is 9.82. The third-order valence-electron chi connectivity index (χ3n) is 3.76. The number of benzene rings is 1. The molecule has 2 rings (SSSR count). The molecule has 0 aliphatic rings. The monoisotopic (exact) mass is 307 g/mol. The van der Waals surface area contributed by atoms with Gasteiger partial charge in [0.15, 0.2) is 0 Å². The van der Waals surface area contributed by atoms with Crippen molar-refractivity contribution in [3.05, 3.63) is 36.1 Å². The Morgan fingerprint density at radius 3 is 2.62 bits per heavy atom. The maximum absolute atomic E-state index is 12.5. The number of fused-ring (bicyclic) bond motifs is 1. The molecule has 0 bridgehead atoms. The summed E-state index contributed by atoms with van der Waals surface area (Å²) in [5.74, 6) is 0. The Balaban J connectivity index is 2.14. The van der Waals surface area contributed by atoms with Gasteiger partial charge in [-0.05, 0) is 57.4 Å². The van der Waals surface area contributed by atoms with Crippen molar-refractivity contribution in [2.24, 2.45) is 0 Å². The van der Waals surface area contributed by atoms with E-state index in [2.05, 4.69) is 19.1 Å². The van der Waals surface area contributed by atoms with E-state index in [1.54, 1.807) is 6.26 Å². The average molecular weight is 307 g/mol. The van der Waals surface area contributed by atoms with Gasteiger partial charge in [0.2, 0.25) is 0 Å². The van der Waals surface area contributed by atoms with Gasteiger partial charge in [-0.15, -0.1) is 4.31 Å². The SMILES string of the molecule is CCC(Cc1ccc2occc2c1)N(C)[S@+]([O-])C(C)(C)C. The minimum absolute atomic E-state index is 0.226. The molecule has 3 nitrogen and oxygen atoms in total. The predicted octanol–water partition coefficient (Wildman–Crippen LogP) is 4.15. The van der Waals surface area contributed by atoms with Crippen molar-refractivity contribution < 1.29 is 8.97 Å². The molecule has 0 spiro atoms. The Hall–Kier alpha value is -0.970. The number of nitrogens with zero attached hydrogens (tertiary/aromatic N) is 1. The van der Waals surface area contributed by atoms with E-state index in [0.717, 1.165) is 23.8 Å². The highest BCUT2D eigenvalue weighted by Crippen LogP contribution is 2.25. The third kappa shape index (κ3) is 3.82. The van der Waals surface area contributed by atoms with E-state index in [9.17, 15) is 4.55 Å². The molecular formula is C17H25NO2S. The first kappa shape index (κ1) is 16.4. The van der Waals surface area contributed by atoms with Crippen LogP contribution < -0.4 is 0 Å². The second-order valence-corrected chi connectivity index (χ2v) is 8.77. The van der Waals surface area contributed by atoms with Crippen molar-refractivity contribution >= 4 is 22.3 Å². The maximum Gasteiger partial charge on any atom is 0.137 e. The summed E-state index contributed by atoms with van der Waals surface area (Å²) in [6.07, 6.45) is 3.59. The van der Waals surface area contributed by atoms with E-state index >= 15 is 0 Å². The molecule has 0 fully saturated rings. The minimum Gasteiger partial charge on any atom is -0.598 e. The van der Waals surface area contributed by atoms with Crippen LogP contribution in [0.2, 0.25) is 0 Å². The number of hydrogen-bond donors (Lipinski definition) is 0. The smallest absolute Gasteiger partial charge is 0.137 e. The van der Waals surface area contributed by atoms with E-state index < -0.39 is 11.4 Å². The molecule has 4 heteroatoms. The third-order valence-corrected chi connectivity index (χ3v) is 5.63. The molecule has 0 aliphatic carbocycles. The molecule has 21 heavy (non-hydrogen) atoms. The second-order valence-electron chi connectivity index (χ2n) is 6.47. The lowest BCUT2D eigenvalue weighted by molar-refractivity contribution is 0.345. The van der Waals surface area contributed by atoms with Crippen molar-refractivity contribution in [3.8, 4) is 0 Å². The summed E-state index contributed by atoms with van der Waals surface area (Å²) in [6, 6.07) is 8.53. The number of hydrogen-bond acceptors (Lipinski definition) is 3. The van der Waals surface area contributed by atoms with Gasteiger partial charge < -0.3 is 8.97 Å². The van der Waals surface area contributed by atoms with E-state index in [-0.39, 0.29) is 10.8 Å². The van der Waals surface area contributed by atoms with Gasteiger partial charge in [0.25, 0.3) is 0 Å². The summed E-state index contributed by atoms with van der Waals surface area (Å²) in [5, 5.41) is 1.13. The summed E-state index contributed by atoms with van der Waals surface area (Å²) < 4.78 is 19.7. The summed E-state index contributed by atoms with van der Waals surface area (Å²) in [6.45, 7) is 8.20. The van der Waals surface area contributed by atoms with Gasteiger partial charge in [0.1, 0.15) is 10.3 Å². The van der Waals surface area contributed by atoms with E-state index in [4.69, 9.17) is 4.42 Å². The van der Waals surface area contributed by atoms with Crippen molar-refractivity contribution in [1.29, 1.82) is 0 Å². The average Bonchev–Trinajstić information content (AvgIpc) is 2.89. The van der Waals surface area contributed by atoms with E-state index in [0.29, 0.717) is 0 Å². The zero-order chi connectivity index (χ0) is 15.6. The number of furan rings is 1. The van der Waals surface area contributed by atoms with Crippen LogP contribution in [-0.2, 0) is 17.8 Å². The fraction of sp³-hybridized carbons (Fsp3) is 0.529. The fourth-order valence-corrected chi connectivity index (χ4v) is 3.87. The van der Waals surface area contributed by atoms with Gasteiger partial charge in [0.05, 0.1) is 12.3 Å². The highest BCUT2D eigenvalue weighted by Gasteiger charge is 2.34. The Labute approximate surface area is 130 Å². The molecule has 0 N–H and O–H groups in total. The van der Waals surface area contributed by atoms with Crippen LogP contribution in [0.1, 0.15) is 39.7 Å². The summed E-state index contributed by atoms with van der Waals surface area (Å²) in [5.41, 5.74) is 2.17. The first-order valence-electron chi connectivity index (χ1n) is 7.44. The van der Waals surface area contributed by atoms with E-state index in [1.165, 1.54) is 5.56 Å². The van der Waals surface area contributed by atoms with Crippen LogP contribution in [0.4, 0.5) is 0 Å². The lowest BCUT2D eigenvalue weighted by atomic mass is 10.0. The van der Waals surface area contributed by atoms with Crippen LogP contribution in [0.25, 0.3) is 11.0 Å². The summed E-state index contributed by atoms with van der Waals surface area (Å²) >= 11 is -0.990. The first-order valence-corrected chi connectivity index (χ1v) is 8.54. The molecule has 2 aromatic rings. The zero-order valence-corrected chi connectivity index (χ0v) is 14.4. The van der Waals surface area contributed by atoms with Crippen LogP contribution >= 0.6 is 0 Å². The molecule has 0 saturated heterocycles. The molecule has 2 atom stereocenters. The molecule has 1 aromatic heterocycles. The Kier molecular flexibility index (Phi) is 5.02. The second kappa shape index (κ2) is 6.42. The van der Waals surface area contributed by atoms with Crippen molar-refractivity contribution in [2.45, 2.75) is 51.3 Å². The van der Waals surface area contributed by atoms with Crippen LogP contribution in [-0.4, -0.2) is 26.7 Å². The van der Waals surface area contributed by atoms with Crippen LogP contribution in [0.15, 0.2) is 34.9 Å². The normalized spacial score (nSPS) is 15.6. The fourth-order valence-electron chi connectivity index (χ4n) is 2.51. The molecule has 0 radical (unpaired) electrons. The topological polar surface area (TPSA) is 39.4 Å². The molecule has 116 valence electrons. The van der Waals surface area contributed by atoms with Crippen molar-refractivity contribution in [2.75, 3.05) is 7.05 Å². The predicted molar refractivity (Wildman–Crippen MR) is 89.7 cm³/mol. The Morgan fingerprint density at radius 1 is 1.29 bits per heavy atom. The van der Waals surface area contributed by atoms with Gasteiger partial charge in [-0.1, -0.05) is 13.0 Å². The zero-order valence-electron chi connectivity index (χ0n) is 13.6. The molecule has 1 unspecified atom stereocenters. The van der Waals surface area contributed by atoms with E-state index in [1.807, 2.05) is 44.3 Å².